The van der Waals surface area contributed by atoms with Gasteiger partial charge in [-0.15, -0.1) is 0 Å². The molecule has 90 valence electrons. The highest BCUT2D eigenvalue weighted by Gasteiger charge is 2.29. The van der Waals surface area contributed by atoms with Crippen molar-refractivity contribution in [1.82, 2.24) is 4.90 Å². The van der Waals surface area contributed by atoms with Crippen LogP contribution in [0.25, 0.3) is 0 Å². The molecule has 1 rings (SSSR count). The van der Waals surface area contributed by atoms with Gasteiger partial charge in [0.1, 0.15) is 0 Å². The Morgan fingerprint density at radius 3 is 2.80 bits per heavy atom. The van der Waals surface area contributed by atoms with Crippen LogP contribution in [0.3, 0.4) is 0 Å². The van der Waals surface area contributed by atoms with Gasteiger partial charge in [0.05, 0.1) is 25.9 Å². The summed E-state index contributed by atoms with van der Waals surface area (Å²) in [6, 6.07) is -0.160. The van der Waals surface area contributed by atoms with Gasteiger partial charge in [0, 0.05) is 18.8 Å². The van der Waals surface area contributed by atoms with Crippen molar-refractivity contribution in [2.24, 2.45) is 0 Å². The highest BCUT2D eigenvalue weighted by molar-refractivity contribution is 8.00. The first-order valence-corrected chi connectivity index (χ1v) is 5.65. The quantitative estimate of drug-likeness (QED) is 0.799. The van der Waals surface area contributed by atoms with Gasteiger partial charge in [-0.1, -0.05) is 0 Å². The molecule has 1 N–H and O–H groups in total. The van der Waals surface area contributed by atoms with Crippen LogP contribution >= 0.6 is 11.8 Å². The summed E-state index contributed by atoms with van der Waals surface area (Å²) >= 11 is -0.0244. The number of aliphatic hydroxyl groups is 1. The summed E-state index contributed by atoms with van der Waals surface area (Å²) in [4.78, 5) is 1.84. The predicted octanol–water partition coefficient (Wildman–Crippen LogP) is 0.933. The van der Waals surface area contributed by atoms with Crippen molar-refractivity contribution in [3.05, 3.63) is 0 Å². The smallest absolute Gasteiger partial charge is 0.395 e. The van der Waals surface area contributed by atoms with Gasteiger partial charge in [0.2, 0.25) is 0 Å². The molecule has 1 heterocycles. The van der Waals surface area contributed by atoms with Gasteiger partial charge in [0.25, 0.3) is 0 Å². The fourth-order valence-electron chi connectivity index (χ4n) is 1.43. The van der Waals surface area contributed by atoms with Crippen LogP contribution in [0, 0.1) is 0 Å². The zero-order valence-corrected chi connectivity index (χ0v) is 8.98. The fraction of sp³-hybridized carbons (Fsp3) is 1.00. The summed E-state index contributed by atoms with van der Waals surface area (Å²) in [5.41, 5.74) is -4.17. The molecule has 0 aromatic heterocycles. The van der Waals surface area contributed by atoms with E-state index in [2.05, 4.69) is 0 Å². The number of nitrogens with zero attached hydrogens (tertiary/aromatic N) is 1. The van der Waals surface area contributed by atoms with Crippen LogP contribution in [-0.4, -0.2) is 60.2 Å². The van der Waals surface area contributed by atoms with E-state index in [0.717, 1.165) is 0 Å². The summed E-state index contributed by atoms with van der Waals surface area (Å²) < 4.78 is 40.7. The van der Waals surface area contributed by atoms with Gasteiger partial charge >= 0.3 is 5.51 Å². The maximum atomic E-state index is 11.9. The first kappa shape index (κ1) is 13.1. The normalized spacial score (nSPS) is 24.4. The van der Waals surface area contributed by atoms with Crippen molar-refractivity contribution in [2.75, 3.05) is 38.7 Å². The number of aliphatic hydroxyl groups excluding tert-OH is 1. The van der Waals surface area contributed by atoms with E-state index in [0.29, 0.717) is 26.3 Å². The van der Waals surface area contributed by atoms with Gasteiger partial charge < -0.3 is 9.84 Å². The lowest BCUT2D eigenvalue weighted by Gasteiger charge is -2.34. The lowest BCUT2D eigenvalue weighted by atomic mass is 10.2. The van der Waals surface area contributed by atoms with E-state index < -0.39 is 5.51 Å². The molecule has 0 radical (unpaired) electrons. The maximum absolute atomic E-state index is 11.9. The van der Waals surface area contributed by atoms with Crippen LogP contribution in [0.1, 0.15) is 0 Å². The number of ether oxygens (including phenoxy) is 1. The van der Waals surface area contributed by atoms with Crippen molar-refractivity contribution >= 4 is 11.8 Å². The third kappa shape index (κ3) is 5.05. The van der Waals surface area contributed by atoms with E-state index in [9.17, 15) is 13.2 Å². The van der Waals surface area contributed by atoms with Gasteiger partial charge in [0.15, 0.2) is 0 Å². The number of hydrogen-bond donors (Lipinski definition) is 1. The Morgan fingerprint density at radius 1 is 1.47 bits per heavy atom. The number of alkyl halides is 3. The summed E-state index contributed by atoms with van der Waals surface area (Å²) in [6.07, 6.45) is 0. The molecule has 1 atom stereocenters. The molecule has 0 spiro atoms. The van der Waals surface area contributed by atoms with Gasteiger partial charge in [-0.3, -0.25) is 4.90 Å². The lowest BCUT2D eigenvalue weighted by Crippen LogP contribution is -2.48. The first-order chi connectivity index (χ1) is 7.03. The van der Waals surface area contributed by atoms with Crippen molar-refractivity contribution in [2.45, 2.75) is 11.6 Å². The largest absolute Gasteiger partial charge is 0.441 e. The molecule has 0 saturated carbocycles. The van der Waals surface area contributed by atoms with Crippen molar-refractivity contribution in [1.29, 1.82) is 0 Å². The highest BCUT2D eigenvalue weighted by Crippen LogP contribution is 2.30. The van der Waals surface area contributed by atoms with E-state index in [1.54, 1.807) is 0 Å². The maximum Gasteiger partial charge on any atom is 0.441 e. The highest BCUT2D eigenvalue weighted by atomic mass is 32.2. The lowest BCUT2D eigenvalue weighted by molar-refractivity contribution is -0.0346. The Morgan fingerprint density at radius 2 is 2.20 bits per heavy atom. The minimum atomic E-state index is -4.17. The summed E-state index contributed by atoms with van der Waals surface area (Å²) in [6.45, 7) is 1.76. The molecule has 0 aromatic rings. The summed E-state index contributed by atoms with van der Waals surface area (Å²) in [5, 5.41) is 8.97. The van der Waals surface area contributed by atoms with E-state index in [1.165, 1.54) is 0 Å². The third-order valence-corrected chi connectivity index (χ3v) is 2.92. The van der Waals surface area contributed by atoms with Crippen LogP contribution < -0.4 is 0 Å². The van der Waals surface area contributed by atoms with Crippen LogP contribution in [0.2, 0.25) is 0 Å². The molecular formula is C8H14F3NO2S. The Kier molecular flexibility index (Phi) is 5.17. The number of rotatable bonds is 4. The molecule has 3 nitrogen and oxygen atoms in total. The molecule has 1 unspecified atom stereocenters. The van der Waals surface area contributed by atoms with E-state index >= 15 is 0 Å². The summed E-state index contributed by atoms with van der Waals surface area (Å²) in [7, 11) is 0. The van der Waals surface area contributed by atoms with Gasteiger partial charge in [-0.2, -0.15) is 13.2 Å². The fourth-order valence-corrected chi connectivity index (χ4v) is 1.99. The Labute approximate surface area is 90.6 Å². The number of morpholine rings is 1. The molecule has 7 heteroatoms. The van der Waals surface area contributed by atoms with Crippen molar-refractivity contribution in [3.63, 3.8) is 0 Å². The second kappa shape index (κ2) is 5.93. The topological polar surface area (TPSA) is 32.7 Å². The van der Waals surface area contributed by atoms with Crippen LogP contribution in [-0.2, 0) is 4.74 Å². The van der Waals surface area contributed by atoms with Crippen molar-refractivity contribution in [3.8, 4) is 0 Å². The molecule has 1 aliphatic heterocycles. The monoisotopic (exact) mass is 245 g/mol. The second-order valence-electron chi connectivity index (χ2n) is 3.24. The molecule has 0 aliphatic carbocycles. The first-order valence-electron chi connectivity index (χ1n) is 4.66. The zero-order valence-electron chi connectivity index (χ0n) is 8.16. The minimum absolute atomic E-state index is 0. The van der Waals surface area contributed by atoms with Gasteiger partial charge in [-0.05, 0) is 11.8 Å². The molecule has 15 heavy (non-hydrogen) atoms. The third-order valence-electron chi connectivity index (χ3n) is 2.20. The molecule has 0 amide bonds. The van der Waals surface area contributed by atoms with Crippen LogP contribution in [0.15, 0.2) is 0 Å². The van der Waals surface area contributed by atoms with Crippen LogP contribution in [0.5, 0.6) is 0 Å². The molecule has 1 fully saturated rings. The predicted molar refractivity (Wildman–Crippen MR) is 51.8 cm³/mol. The molecule has 0 aromatic carbocycles. The molecule has 1 saturated heterocycles. The number of halogens is 3. The number of hydrogen-bond acceptors (Lipinski definition) is 4. The Balaban J connectivity index is 2.23. The van der Waals surface area contributed by atoms with Crippen LogP contribution in [0.4, 0.5) is 13.2 Å². The summed E-state index contributed by atoms with van der Waals surface area (Å²) in [5.74, 6) is 0. The Hall–Kier alpha value is 0.0200. The average Bonchev–Trinajstić information content (AvgIpc) is 2.16. The van der Waals surface area contributed by atoms with E-state index in [1.807, 2.05) is 4.90 Å². The second-order valence-corrected chi connectivity index (χ2v) is 4.40. The average molecular weight is 245 g/mol. The molecular weight excluding hydrogens is 231 g/mol. The molecule has 1 aliphatic rings. The minimum Gasteiger partial charge on any atom is -0.395 e. The van der Waals surface area contributed by atoms with E-state index in [-0.39, 0.29) is 30.2 Å². The standard InChI is InChI=1S/C8H14F3NO2S/c9-8(10,11)15-4-2-12-1-3-14-6-7(12)5-13/h7,13H,1-6H2. The van der Waals surface area contributed by atoms with E-state index in [4.69, 9.17) is 9.84 Å². The Bertz CT molecular complexity index is 191. The van der Waals surface area contributed by atoms with Gasteiger partial charge in [-0.25, -0.2) is 0 Å². The van der Waals surface area contributed by atoms with Crippen molar-refractivity contribution < 1.29 is 23.0 Å². The zero-order chi connectivity index (χ0) is 11.3. The molecule has 0 bridgehead atoms. The SMILES string of the molecule is OCC1COCCN1CCSC(F)(F)F. The number of thioether (sulfide) groups is 1.